The molecule has 1 spiro atoms. The van der Waals surface area contributed by atoms with E-state index in [1.54, 1.807) is 22.7 Å². The van der Waals surface area contributed by atoms with Crippen LogP contribution in [0, 0.1) is 0 Å². The first-order valence-corrected chi connectivity index (χ1v) is 24.7. The van der Waals surface area contributed by atoms with Crippen LogP contribution in [0.2, 0.25) is 0 Å². The number of hydrogen-bond acceptors (Lipinski definition) is 9. The molecular formula is C53H56O7S2. The molecule has 10 rings (SSSR count). The van der Waals surface area contributed by atoms with Crippen LogP contribution in [0.15, 0.2) is 83.6 Å². The summed E-state index contributed by atoms with van der Waals surface area (Å²) in [6, 6.07) is 26.8. The van der Waals surface area contributed by atoms with Gasteiger partial charge in [-0.15, -0.1) is 22.7 Å². The van der Waals surface area contributed by atoms with Crippen molar-refractivity contribution in [1.29, 1.82) is 0 Å². The topological polar surface area (TPSA) is 64.6 Å². The van der Waals surface area contributed by atoms with E-state index in [4.69, 9.17) is 33.2 Å². The first-order chi connectivity index (χ1) is 30.7. The number of ether oxygens (including phenoxy) is 7. The van der Waals surface area contributed by atoms with Gasteiger partial charge in [-0.25, -0.2) is 0 Å². The van der Waals surface area contributed by atoms with Crippen molar-refractivity contribution in [2.24, 2.45) is 0 Å². The molecule has 0 saturated carbocycles. The number of unbranched alkanes of at least 4 members (excludes halogenated alkanes) is 10. The summed E-state index contributed by atoms with van der Waals surface area (Å²) in [5.41, 5.74) is 8.38. The third-order valence-electron chi connectivity index (χ3n) is 12.7. The number of benzene rings is 4. The molecule has 3 aliphatic heterocycles. The van der Waals surface area contributed by atoms with Crippen molar-refractivity contribution in [3.63, 3.8) is 0 Å². The highest BCUT2D eigenvalue weighted by Gasteiger charge is 2.52. The lowest BCUT2D eigenvalue weighted by Gasteiger charge is -2.40. The minimum atomic E-state index is -0.738. The van der Waals surface area contributed by atoms with E-state index < -0.39 is 5.41 Å². The second-order valence-corrected chi connectivity index (χ2v) is 18.6. The highest BCUT2D eigenvalue weighted by molar-refractivity contribution is 7.14. The van der Waals surface area contributed by atoms with Crippen molar-refractivity contribution >= 4 is 22.7 Å². The number of rotatable bonds is 18. The molecule has 4 aromatic carbocycles. The highest BCUT2D eigenvalue weighted by Crippen LogP contribution is 2.64. The van der Waals surface area contributed by atoms with Crippen molar-refractivity contribution in [3.8, 4) is 78.0 Å². The molecule has 1 aliphatic carbocycles. The molecule has 4 aliphatic rings. The minimum absolute atomic E-state index is 0.533. The average molecular weight is 869 g/mol. The summed E-state index contributed by atoms with van der Waals surface area (Å²) >= 11 is 3.34. The maximum atomic E-state index is 7.04. The minimum Gasteiger partial charge on any atom is -0.493 e. The van der Waals surface area contributed by atoms with Gasteiger partial charge in [0.2, 0.25) is 0 Å². The van der Waals surface area contributed by atoms with Gasteiger partial charge in [-0.05, 0) is 70.5 Å². The Morgan fingerprint density at radius 3 is 1.40 bits per heavy atom. The Morgan fingerprint density at radius 2 is 0.919 bits per heavy atom. The third kappa shape index (κ3) is 7.59. The van der Waals surface area contributed by atoms with Gasteiger partial charge in [0.1, 0.15) is 49.4 Å². The van der Waals surface area contributed by atoms with Crippen molar-refractivity contribution < 1.29 is 33.2 Å². The van der Waals surface area contributed by atoms with Gasteiger partial charge in [-0.3, -0.25) is 0 Å². The van der Waals surface area contributed by atoms with E-state index in [1.807, 2.05) is 0 Å². The Kier molecular flexibility index (Phi) is 12.1. The molecule has 0 saturated heterocycles. The summed E-state index contributed by atoms with van der Waals surface area (Å²) in [6.07, 6.45) is 14.6. The Labute approximate surface area is 373 Å². The third-order valence-corrected chi connectivity index (χ3v) is 14.7. The lowest BCUT2D eigenvalue weighted by Crippen LogP contribution is -2.32. The van der Waals surface area contributed by atoms with Crippen LogP contribution >= 0.6 is 22.7 Å². The zero-order chi connectivity index (χ0) is 41.9. The number of hydrogen-bond donors (Lipinski definition) is 0. The maximum Gasteiger partial charge on any atom is 0.179 e. The van der Waals surface area contributed by atoms with Gasteiger partial charge in [-0.1, -0.05) is 114 Å². The molecule has 0 radical (unpaired) electrons. The smallest absolute Gasteiger partial charge is 0.179 e. The maximum absolute atomic E-state index is 7.04. The van der Waals surface area contributed by atoms with E-state index in [1.165, 1.54) is 86.5 Å². The lowest BCUT2D eigenvalue weighted by molar-refractivity contribution is 0.174. The predicted molar refractivity (Wildman–Crippen MR) is 250 cm³/mol. The van der Waals surface area contributed by atoms with Gasteiger partial charge in [0.05, 0.1) is 28.4 Å². The van der Waals surface area contributed by atoms with Gasteiger partial charge in [0.25, 0.3) is 0 Å². The van der Waals surface area contributed by atoms with Gasteiger partial charge < -0.3 is 33.2 Å². The number of thiophene rings is 2. The molecule has 322 valence electrons. The van der Waals surface area contributed by atoms with Crippen LogP contribution in [0.25, 0.3) is 32.0 Å². The first-order valence-electron chi connectivity index (χ1n) is 22.9. The SMILES string of the molecule is CCCCCCCCOc1ccc2c(c1)Oc1cc(OCCCCCCCC)ccc1C21c2cc(-c3scc4c3OCCO4)ccc2-c2ccc(-c3scc4c3OCCO4)cc21. The Balaban J connectivity index is 1.11. The fraction of sp³-hybridized carbons (Fsp3) is 0.396. The molecular weight excluding hydrogens is 813 g/mol. The summed E-state index contributed by atoms with van der Waals surface area (Å²) in [5, 5.41) is 4.14. The normalized spacial score (nSPS) is 14.7. The quantitative estimate of drug-likeness (QED) is 0.0796. The van der Waals surface area contributed by atoms with Crippen molar-refractivity contribution in [1.82, 2.24) is 0 Å². The van der Waals surface area contributed by atoms with Gasteiger partial charge in [0, 0.05) is 34.0 Å². The summed E-state index contributed by atoms with van der Waals surface area (Å²) in [7, 11) is 0. The van der Waals surface area contributed by atoms with Crippen LogP contribution in [-0.4, -0.2) is 39.6 Å². The molecule has 62 heavy (non-hydrogen) atoms. The molecule has 9 heteroatoms. The second-order valence-electron chi connectivity index (χ2n) is 16.8. The van der Waals surface area contributed by atoms with E-state index in [9.17, 15) is 0 Å². The Morgan fingerprint density at radius 1 is 0.468 bits per heavy atom. The molecule has 6 aromatic rings. The molecule has 0 atom stereocenters. The second kappa shape index (κ2) is 18.3. The zero-order valence-corrected chi connectivity index (χ0v) is 37.6. The monoisotopic (exact) mass is 868 g/mol. The molecule has 0 amide bonds. The molecule has 7 nitrogen and oxygen atoms in total. The fourth-order valence-corrected chi connectivity index (χ4v) is 11.6. The van der Waals surface area contributed by atoms with Crippen LogP contribution in [0.4, 0.5) is 0 Å². The van der Waals surface area contributed by atoms with E-state index in [0.717, 1.165) is 90.8 Å². The largest absolute Gasteiger partial charge is 0.493 e. The van der Waals surface area contributed by atoms with E-state index in [2.05, 4.69) is 97.4 Å². The van der Waals surface area contributed by atoms with Gasteiger partial charge >= 0.3 is 0 Å². The van der Waals surface area contributed by atoms with Gasteiger partial charge in [-0.2, -0.15) is 0 Å². The van der Waals surface area contributed by atoms with Crippen LogP contribution in [0.1, 0.15) is 113 Å². The fourth-order valence-electron chi connectivity index (χ4n) is 9.69. The zero-order valence-electron chi connectivity index (χ0n) is 36.0. The predicted octanol–water partition coefficient (Wildman–Crippen LogP) is 14.6. The summed E-state index contributed by atoms with van der Waals surface area (Å²) in [5.74, 6) is 6.48. The van der Waals surface area contributed by atoms with E-state index in [-0.39, 0.29) is 0 Å². The van der Waals surface area contributed by atoms with Gasteiger partial charge in [0.15, 0.2) is 23.0 Å². The Bertz CT molecular complexity index is 2360. The lowest BCUT2D eigenvalue weighted by atomic mass is 9.65. The summed E-state index contributed by atoms with van der Waals surface area (Å²) in [4.78, 5) is 2.14. The molecule has 5 heterocycles. The van der Waals surface area contributed by atoms with Crippen LogP contribution in [0.3, 0.4) is 0 Å². The Hall–Kier alpha value is -5.12. The molecule has 0 bridgehead atoms. The van der Waals surface area contributed by atoms with E-state index >= 15 is 0 Å². The molecule has 2 aromatic heterocycles. The van der Waals surface area contributed by atoms with Crippen LogP contribution in [0.5, 0.6) is 46.0 Å². The number of fused-ring (bicyclic) bond motifs is 11. The summed E-state index contributed by atoms with van der Waals surface area (Å²) in [6.45, 7) is 8.05. The van der Waals surface area contributed by atoms with Crippen molar-refractivity contribution in [2.75, 3.05) is 39.6 Å². The summed E-state index contributed by atoms with van der Waals surface area (Å²) < 4.78 is 44.5. The highest BCUT2D eigenvalue weighted by atomic mass is 32.1. The standard InChI is InChI=1S/C53H56O7S2/c1-3-5-7-9-11-13-23-54-37-17-21-41-45(31-37)60-46-32-38(55-24-14-12-10-8-6-4-2)18-22-42(46)53(41)43-29-35(51-49-47(33-61-51)56-25-27-58-49)15-19-39(43)40-20-16-36(30-44(40)53)52-50-48(34-62-52)57-26-28-59-50/h15-22,29-34H,3-14,23-28H2,1-2H3. The first kappa shape index (κ1) is 40.9. The van der Waals surface area contributed by atoms with Crippen molar-refractivity contribution in [3.05, 3.63) is 106 Å². The molecule has 0 unspecified atom stereocenters. The molecule has 0 fully saturated rings. The molecule has 0 N–H and O–H groups in total. The van der Waals surface area contributed by atoms with Crippen molar-refractivity contribution in [2.45, 2.75) is 96.3 Å². The van der Waals surface area contributed by atoms with Crippen LogP contribution < -0.4 is 33.2 Å². The average Bonchev–Trinajstić information content (AvgIpc) is 4.02. The van der Waals surface area contributed by atoms with Crippen LogP contribution in [-0.2, 0) is 5.41 Å². The van der Waals surface area contributed by atoms with E-state index in [0.29, 0.717) is 39.6 Å².